The molecule has 0 bridgehead atoms. The van der Waals surface area contributed by atoms with E-state index in [4.69, 9.17) is 5.11 Å². The smallest absolute Gasteiger partial charge is 0.433 e. The molecular weight excluding hydrogens is 235 g/mol. The fourth-order valence-corrected chi connectivity index (χ4v) is 1.27. The van der Waals surface area contributed by atoms with Gasteiger partial charge in [0.25, 0.3) is 0 Å². The van der Waals surface area contributed by atoms with E-state index < -0.39 is 17.8 Å². The quantitative estimate of drug-likeness (QED) is 0.833. The number of carboxylic acids is 1. The molecule has 0 radical (unpaired) electrons. The van der Waals surface area contributed by atoms with Crippen LogP contribution in [0.2, 0.25) is 0 Å². The van der Waals surface area contributed by atoms with Gasteiger partial charge in [0, 0.05) is 11.8 Å². The van der Waals surface area contributed by atoms with Crippen molar-refractivity contribution in [2.45, 2.75) is 19.5 Å². The van der Waals surface area contributed by atoms with Crippen LogP contribution in [0.4, 0.5) is 13.2 Å². The summed E-state index contributed by atoms with van der Waals surface area (Å²) in [5, 5.41) is 8.44. The van der Waals surface area contributed by atoms with Crippen LogP contribution in [0.3, 0.4) is 0 Å². The maximum Gasteiger partial charge on any atom is 0.433 e. The first-order chi connectivity index (χ1) is 7.84. The average molecular weight is 245 g/mol. The van der Waals surface area contributed by atoms with Crippen LogP contribution >= 0.6 is 0 Å². The van der Waals surface area contributed by atoms with E-state index in [1.807, 2.05) is 0 Å². The van der Waals surface area contributed by atoms with Crippen LogP contribution in [0.5, 0.6) is 0 Å². The zero-order valence-electron chi connectivity index (χ0n) is 8.95. The highest BCUT2D eigenvalue weighted by Crippen LogP contribution is 2.28. The molecule has 0 aliphatic heterocycles. The van der Waals surface area contributed by atoms with Crippen LogP contribution in [0.25, 0.3) is 6.08 Å². The molecule has 1 aromatic rings. The number of halogens is 3. The largest absolute Gasteiger partial charge is 0.478 e. The van der Waals surface area contributed by atoms with Crippen molar-refractivity contribution in [1.82, 2.24) is 4.98 Å². The second kappa shape index (κ2) is 4.99. The summed E-state index contributed by atoms with van der Waals surface area (Å²) in [5.74, 6) is -1.16. The Kier molecular flexibility index (Phi) is 3.88. The Hall–Kier alpha value is -1.85. The van der Waals surface area contributed by atoms with E-state index in [0.29, 0.717) is 12.0 Å². The van der Waals surface area contributed by atoms with Gasteiger partial charge in [-0.2, -0.15) is 13.2 Å². The minimum Gasteiger partial charge on any atom is -0.478 e. The Labute approximate surface area is 95.6 Å². The summed E-state index contributed by atoms with van der Waals surface area (Å²) in [6, 6.07) is 2.05. The van der Waals surface area contributed by atoms with Crippen molar-refractivity contribution in [3.8, 4) is 0 Å². The van der Waals surface area contributed by atoms with Crippen LogP contribution in [-0.4, -0.2) is 16.1 Å². The van der Waals surface area contributed by atoms with Gasteiger partial charge < -0.3 is 5.11 Å². The molecular formula is C11H10F3NO2. The third-order valence-corrected chi connectivity index (χ3v) is 2.04. The first-order valence-electron chi connectivity index (χ1n) is 4.82. The molecule has 0 fully saturated rings. The topological polar surface area (TPSA) is 50.2 Å². The zero-order chi connectivity index (χ0) is 13.1. The van der Waals surface area contributed by atoms with Crippen molar-refractivity contribution in [2.75, 3.05) is 0 Å². The second-order valence-corrected chi connectivity index (χ2v) is 3.26. The van der Waals surface area contributed by atoms with Gasteiger partial charge in [0.05, 0.1) is 0 Å². The molecule has 0 unspecified atom stereocenters. The third-order valence-electron chi connectivity index (χ3n) is 2.04. The highest BCUT2D eigenvalue weighted by molar-refractivity contribution is 5.85. The maximum absolute atomic E-state index is 12.4. The van der Waals surface area contributed by atoms with E-state index in [1.165, 1.54) is 12.1 Å². The standard InChI is InChI=1S/C11H10F3NO2/c1-2-8-7(4-6-10(16)17)3-5-9(15-8)11(12,13)14/h3-6H,2H2,1H3,(H,16,17)/b6-4+. The lowest BCUT2D eigenvalue weighted by atomic mass is 10.1. The predicted octanol–water partition coefficient (Wildman–Crippen LogP) is 2.76. The van der Waals surface area contributed by atoms with Crippen molar-refractivity contribution in [3.63, 3.8) is 0 Å². The van der Waals surface area contributed by atoms with Crippen molar-refractivity contribution >= 4 is 12.0 Å². The van der Waals surface area contributed by atoms with E-state index in [9.17, 15) is 18.0 Å². The predicted molar refractivity (Wildman–Crippen MR) is 55.3 cm³/mol. The van der Waals surface area contributed by atoms with Gasteiger partial charge >= 0.3 is 12.1 Å². The van der Waals surface area contributed by atoms with Gasteiger partial charge in [-0.15, -0.1) is 0 Å². The van der Waals surface area contributed by atoms with Gasteiger partial charge in [0.15, 0.2) is 0 Å². The first kappa shape index (κ1) is 13.2. The Balaban J connectivity index is 3.14. The number of aryl methyl sites for hydroxylation is 1. The molecule has 1 rings (SSSR count). The molecule has 1 heterocycles. The van der Waals surface area contributed by atoms with Gasteiger partial charge in [0.2, 0.25) is 0 Å². The molecule has 0 aromatic carbocycles. The molecule has 1 aromatic heterocycles. The Bertz CT molecular complexity index is 453. The normalized spacial score (nSPS) is 12.0. The number of carbonyl (C=O) groups is 1. The van der Waals surface area contributed by atoms with Crippen LogP contribution in [0.1, 0.15) is 23.9 Å². The van der Waals surface area contributed by atoms with Gasteiger partial charge in [0.1, 0.15) is 5.69 Å². The number of hydrogen-bond acceptors (Lipinski definition) is 2. The summed E-state index contributed by atoms with van der Waals surface area (Å²) in [5.41, 5.74) is -0.373. The first-order valence-corrected chi connectivity index (χ1v) is 4.82. The van der Waals surface area contributed by atoms with Crippen LogP contribution in [-0.2, 0) is 17.4 Å². The van der Waals surface area contributed by atoms with Crippen molar-refractivity contribution in [3.05, 3.63) is 35.2 Å². The number of carboxylic acid groups (broad SMARTS) is 1. The number of alkyl halides is 3. The molecule has 0 spiro atoms. The Morgan fingerprint density at radius 2 is 2.12 bits per heavy atom. The molecule has 3 nitrogen and oxygen atoms in total. The summed E-state index contributed by atoms with van der Waals surface area (Å²) in [7, 11) is 0. The van der Waals surface area contributed by atoms with Crippen molar-refractivity contribution in [1.29, 1.82) is 0 Å². The molecule has 6 heteroatoms. The number of hydrogen-bond donors (Lipinski definition) is 1. The fraction of sp³-hybridized carbons (Fsp3) is 0.273. The van der Waals surface area contributed by atoms with Crippen LogP contribution < -0.4 is 0 Å². The highest BCUT2D eigenvalue weighted by atomic mass is 19.4. The molecule has 0 aliphatic carbocycles. The van der Waals surface area contributed by atoms with E-state index in [-0.39, 0.29) is 5.69 Å². The molecule has 0 atom stereocenters. The lowest BCUT2D eigenvalue weighted by Crippen LogP contribution is -2.10. The third kappa shape index (κ3) is 3.58. The fourth-order valence-electron chi connectivity index (χ4n) is 1.27. The molecule has 17 heavy (non-hydrogen) atoms. The van der Waals surface area contributed by atoms with E-state index in [1.54, 1.807) is 6.92 Å². The van der Waals surface area contributed by atoms with Gasteiger partial charge in [-0.25, -0.2) is 9.78 Å². The summed E-state index contributed by atoms with van der Waals surface area (Å²) >= 11 is 0. The Morgan fingerprint density at radius 1 is 1.47 bits per heavy atom. The second-order valence-electron chi connectivity index (χ2n) is 3.26. The van der Waals surface area contributed by atoms with E-state index in [2.05, 4.69) is 4.98 Å². The van der Waals surface area contributed by atoms with Gasteiger partial charge in [-0.1, -0.05) is 13.0 Å². The number of aliphatic carboxylic acids is 1. The summed E-state index contributed by atoms with van der Waals surface area (Å²) in [6.45, 7) is 1.65. The Morgan fingerprint density at radius 3 is 2.59 bits per heavy atom. The highest BCUT2D eigenvalue weighted by Gasteiger charge is 2.32. The molecule has 0 amide bonds. The van der Waals surface area contributed by atoms with Crippen LogP contribution in [0.15, 0.2) is 18.2 Å². The molecule has 0 saturated carbocycles. The van der Waals surface area contributed by atoms with Gasteiger partial charge in [-0.05, 0) is 24.1 Å². The number of pyridine rings is 1. The summed E-state index contributed by atoms with van der Waals surface area (Å²) < 4.78 is 37.1. The average Bonchev–Trinajstić information content (AvgIpc) is 2.24. The zero-order valence-corrected chi connectivity index (χ0v) is 8.95. The number of aromatic nitrogens is 1. The SMILES string of the molecule is CCc1nc(C(F)(F)F)ccc1/C=C/C(=O)O. The number of rotatable bonds is 3. The molecule has 92 valence electrons. The van der Waals surface area contributed by atoms with E-state index in [0.717, 1.165) is 12.1 Å². The minimum atomic E-state index is -4.49. The summed E-state index contributed by atoms with van der Waals surface area (Å²) in [4.78, 5) is 13.8. The number of nitrogens with zero attached hydrogens (tertiary/aromatic N) is 1. The maximum atomic E-state index is 12.4. The molecule has 0 aliphatic rings. The summed E-state index contributed by atoms with van der Waals surface area (Å²) in [6.07, 6.45) is -2.10. The monoisotopic (exact) mass is 245 g/mol. The van der Waals surface area contributed by atoms with Crippen molar-refractivity contribution in [2.24, 2.45) is 0 Å². The van der Waals surface area contributed by atoms with Crippen molar-refractivity contribution < 1.29 is 23.1 Å². The molecule has 1 N–H and O–H groups in total. The lowest BCUT2D eigenvalue weighted by Gasteiger charge is -2.09. The van der Waals surface area contributed by atoms with E-state index >= 15 is 0 Å². The van der Waals surface area contributed by atoms with Crippen LogP contribution in [0, 0.1) is 0 Å². The lowest BCUT2D eigenvalue weighted by molar-refractivity contribution is -0.141. The minimum absolute atomic E-state index is 0.220. The molecule has 0 saturated heterocycles. The van der Waals surface area contributed by atoms with Gasteiger partial charge in [-0.3, -0.25) is 0 Å².